The molecule has 8 heteroatoms. The molecule has 0 N–H and O–H groups in total. The molecule has 1 aliphatic rings. The highest BCUT2D eigenvalue weighted by atomic mass is 32.2. The quantitative estimate of drug-likeness (QED) is 0.783. The summed E-state index contributed by atoms with van der Waals surface area (Å²) in [7, 11) is -2.92. The molecule has 0 aromatic heterocycles. The highest BCUT2D eigenvalue weighted by molar-refractivity contribution is 7.91. The lowest BCUT2D eigenvalue weighted by molar-refractivity contribution is -0.137. The third kappa shape index (κ3) is 5.23. The van der Waals surface area contributed by atoms with Gasteiger partial charge in [0.05, 0.1) is 29.2 Å². The van der Waals surface area contributed by atoms with E-state index in [1.165, 1.54) is 0 Å². The second-order valence-corrected chi connectivity index (χ2v) is 7.90. The highest BCUT2D eigenvalue weighted by Crippen LogP contribution is 2.29. The second kappa shape index (κ2) is 6.90. The summed E-state index contributed by atoms with van der Waals surface area (Å²) in [5, 5.41) is 0. The molecule has 2 rings (SSSR count). The van der Waals surface area contributed by atoms with Crippen LogP contribution in [0.2, 0.25) is 0 Å². The maximum atomic E-state index is 12.4. The van der Waals surface area contributed by atoms with E-state index in [1.807, 2.05) is 0 Å². The monoisotopic (exact) mass is 350 g/mol. The van der Waals surface area contributed by atoms with E-state index in [2.05, 4.69) is 0 Å². The SMILES string of the molecule is O=C(OCCC1CCS(=O)(=O)CC1)c1ccc(C(F)(F)F)cc1. The van der Waals surface area contributed by atoms with Gasteiger partial charge in [-0.05, 0) is 49.4 Å². The van der Waals surface area contributed by atoms with Gasteiger partial charge in [0, 0.05) is 0 Å². The summed E-state index contributed by atoms with van der Waals surface area (Å²) in [5.41, 5.74) is -0.762. The number of hydrogen-bond acceptors (Lipinski definition) is 4. The van der Waals surface area contributed by atoms with E-state index in [4.69, 9.17) is 4.74 Å². The number of rotatable bonds is 4. The molecular weight excluding hydrogens is 333 g/mol. The first-order chi connectivity index (χ1) is 10.7. The van der Waals surface area contributed by atoms with Gasteiger partial charge in [-0.15, -0.1) is 0 Å². The van der Waals surface area contributed by atoms with Gasteiger partial charge in [-0.25, -0.2) is 13.2 Å². The Labute approximate surface area is 132 Å². The van der Waals surface area contributed by atoms with E-state index in [1.54, 1.807) is 0 Å². The van der Waals surface area contributed by atoms with Gasteiger partial charge in [-0.2, -0.15) is 13.2 Å². The summed E-state index contributed by atoms with van der Waals surface area (Å²) in [6.07, 6.45) is -2.77. The van der Waals surface area contributed by atoms with Gasteiger partial charge in [0.1, 0.15) is 9.84 Å². The number of sulfone groups is 1. The normalized spacial score (nSPS) is 18.6. The fourth-order valence-electron chi connectivity index (χ4n) is 2.42. The zero-order valence-corrected chi connectivity index (χ0v) is 13.1. The Morgan fingerprint density at radius 2 is 1.70 bits per heavy atom. The molecule has 0 amide bonds. The van der Waals surface area contributed by atoms with Crippen LogP contribution < -0.4 is 0 Å². The molecule has 0 aliphatic carbocycles. The van der Waals surface area contributed by atoms with Crippen molar-refractivity contribution in [2.24, 2.45) is 5.92 Å². The molecule has 1 fully saturated rings. The number of ether oxygens (including phenoxy) is 1. The van der Waals surface area contributed by atoms with Crippen molar-refractivity contribution in [2.45, 2.75) is 25.4 Å². The van der Waals surface area contributed by atoms with E-state index in [-0.39, 0.29) is 29.6 Å². The minimum Gasteiger partial charge on any atom is -0.462 e. The number of benzene rings is 1. The summed E-state index contributed by atoms with van der Waals surface area (Å²) in [6, 6.07) is 3.84. The minimum atomic E-state index is -4.44. The zero-order valence-electron chi connectivity index (χ0n) is 12.3. The van der Waals surface area contributed by atoms with Crippen LogP contribution in [0, 0.1) is 5.92 Å². The maximum absolute atomic E-state index is 12.4. The predicted molar refractivity (Wildman–Crippen MR) is 77.7 cm³/mol. The fourth-order valence-corrected chi connectivity index (χ4v) is 4.01. The van der Waals surface area contributed by atoms with Crippen LogP contribution in [0.15, 0.2) is 24.3 Å². The number of carbonyl (C=O) groups excluding carboxylic acids is 1. The first kappa shape index (κ1) is 17.8. The molecule has 0 saturated carbocycles. The van der Waals surface area contributed by atoms with Crippen molar-refractivity contribution in [3.05, 3.63) is 35.4 Å². The molecule has 1 aliphatic heterocycles. The standard InChI is InChI=1S/C15H17F3O4S/c16-15(17,18)13-3-1-12(2-4-13)14(19)22-8-5-11-6-9-23(20,21)10-7-11/h1-4,11H,5-10H2. The molecule has 1 aromatic carbocycles. The average Bonchev–Trinajstić information content (AvgIpc) is 2.48. The van der Waals surface area contributed by atoms with E-state index < -0.39 is 27.5 Å². The summed E-state index contributed by atoms with van der Waals surface area (Å²) in [5.74, 6) is -0.171. The summed E-state index contributed by atoms with van der Waals surface area (Å²) < 4.78 is 64.9. The topological polar surface area (TPSA) is 60.4 Å². The van der Waals surface area contributed by atoms with Crippen molar-refractivity contribution in [1.82, 2.24) is 0 Å². The van der Waals surface area contributed by atoms with Crippen molar-refractivity contribution in [1.29, 1.82) is 0 Å². The Morgan fingerprint density at radius 3 is 2.22 bits per heavy atom. The predicted octanol–water partition coefficient (Wildman–Crippen LogP) is 3.08. The van der Waals surface area contributed by atoms with Gasteiger partial charge in [0.2, 0.25) is 0 Å². The molecule has 0 unspecified atom stereocenters. The number of halogens is 3. The smallest absolute Gasteiger partial charge is 0.416 e. The van der Waals surface area contributed by atoms with Crippen LogP contribution in [-0.2, 0) is 20.8 Å². The fraction of sp³-hybridized carbons (Fsp3) is 0.533. The lowest BCUT2D eigenvalue weighted by Gasteiger charge is -2.21. The Morgan fingerprint density at radius 1 is 1.13 bits per heavy atom. The summed E-state index contributed by atoms with van der Waals surface area (Å²) in [6.45, 7) is 0.130. The molecule has 128 valence electrons. The van der Waals surface area contributed by atoms with Crippen molar-refractivity contribution >= 4 is 15.8 Å². The lowest BCUT2D eigenvalue weighted by Crippen LogP contribution is -2.24. The number of hydrogen-bond donors (Lipinski definition) is 0. The second-order valence-electron chi connectivity index (χ2n) is 5.59. The maximum Gasteiger partial charge on any atom is 0.416 e. The average molecular weight is 350 g/mol. The Balaban J connectivity index is 1.79. The van der Waals surface area contributed by atoms with Crippen LogP contribution in [0.25, 0.3) is 0 Å². The van der Waals surface area contributed by atoms with Crippen LogP contribution in [0.1, 0.15) is 35.2 Å². The van der Waals surface area contributed by atoms with Gasteiger partial charge in [0.25, 0.3) is 0 Å². The molecule has 0 radical (unpaired) electrons. The molecule has 0 atom stereocenters. The first-order valence-corrected chi connectivity index (χ1v) is 9.04. The summed E-state index contributed by atoms with van der Waals surface area (Å²) >= 11 is 0. The van der Waals surface area contributed by atoms with Gasteiger partial charge in [0.15, 0.2) is 0 Å². The molecule has 1 aromatic rings. The number of alkyl halides is 3. The van der Waals surface area contributed by atoms with E-state index in [0.29, 0.717) is 19.3 Å². The van der Waals surface area contributed by atoms with Crippen molar-refractivity contribution in [3.8, 4) is 0 Å². The van der Waals surface area contributed by atoms with Crippen LogP contribution in [0.3, 0.4) is 0 Å². The molecule has 4 nitrogen and oxygen atoms in total. The van der Waals surface area contributed by atoms with Crippen LogP contribution in [0.5, 0.6) is 0 Å². The van der Waals surface area contributed by atoms with Crippen LogP contribution in [0.4, 0.5) is 13.2 Å². The molecule has 0 bridgehead atoms. The first-order valence-electron chi connectivity index (χ1n) is 7.22. The van der Waals surface area contributed by atoms with Gasteiger partial charge < -0.3 is 4.74 Å². The zero-order chi connectivity index (χ0) is 17.1. The number of carbonyl (C=O) groups is 1. The Kier molecular flexibility index (Phi) is 5.33. The van der Waals surface area contributed by atoms with Crippen molar-refractivity contribution in [3.63, 3.8) is 0 Å². The Hall–Kier alpha value is -1.57. The van der Waals surface area contributed by atoms with Gasteiger partial charge in [-0.1, -0.05) is 0 Å². The number of esters is 1. The summed E-state index contributed by atoms with van der Waals surface area (Å²) in [4.78, 5) is 11.8. The molecule has 23 heavy (non-hydrogen) atoms. The van der Waals surface area contributed by atoms with E-state index in [9.17, 15) is 26.4 Å². The van der Waals surface area contributed by atoms with Gasteiger partial charge >= 0.3 is 12.1 Å². The molecule has 1 heterocycles. The molecule has 0 spiro atoms. The largest absolute Gasteiger partial charge is 0.462 e. The minimum absolute atomic E-state index is 0.0595. The van der Waals surface area contributed by atoms with Crippen LogP contribution in [-0.4, -0.2) is 32.5 Å². The van der Waals surface area contributed by atoms with Crippen molar-refractivity contribution < 1.29 is 31.1 Å². The van der Waals surface area contributed by atoms with Crippen molar-refractivity contribution in [2.75, 3.05) is 18.1 Å². The Bertz CT molecular complexity index is 636. The van der Waals surface area contributed by atoms with Crippen LogP contribution >= 0.6 is 0 Å². The van der Waals surface area contributed by atoms with Gasteiger partial charge in [-0.3, -0.25) is 0 Å². The third-order valence-corrected chi connectivity index (χ3v) is 5.60. The van der Waals surface area contributed by atoms with E-state index >= 15 is 0 Å². The highest BCUT2D eigenvalue weighted by Gasteiger charge is 2.30. The molecule has 1 saturated heterocycles. The lowest BCUT2D eigenvalue weighted by atomic mass is 9.99. The third-order valence-electron chi connectivity index (χ3n) is 3.88. The molecular formula is C15H17F3O4S. The van der Waals surface area contributed by atoms with E-state index in [0.717, 1.165) is 24.3 Å².